The second-order valence-corrected chi connectivity index (χ2v) is 9.92. The summed E-state index contributed by atoms with van der Waals surface area (Å²) < 4.78 is 40.8. The number of ether oxygens (including phenoxy) is 2. The number of anilines is 2. The molecule has 3 aromatic rings. The summed E-state index contributed by atoms with van der Waals surface area (Å²) in [5, 5.41) is 3.64. The van der Waals surface area contributed by atoms with Crippen molar-refractivity contribution >= 4 is 35.2 Å². The predicted octanol–water partition coefficient (Wildman–Crippen LogP) is 4.07. The standard InChI is InChI=1S/C26H33F2N7O2.ClH/c27-24(28)25-30-20-6-1-2-7-21(20)35(25)23-17-22(31-26(32-23)34-10-14-37-15-11-34)29-18-4-3-5-19(16-18)33-8-12-36-13-9-33;/h1-2,6-7,17-19,24H,3-5,8-16H2,(H,29,31,32);1H/t18-,19+;/m0./s1. The first-order valence-electron chi connectivity index (χ1n) is 13.2. The van der Waals surface area contributed by atoms with Crippen LogP contribution in [0.2, 0.25) is 0 Å². The molecule has 3 fully saturated rings. The third-order valence-corrected chi connectivity index (χ3v) is 7.57. The first-order chi connectivity index (χ1) is 18.2. The van der Waals surface area contributed by atoms with Crippen LogP contribution in [0.5, 0.6) is 0 Å². The fourth-order valence-corrected chi connectivity index (χ4v) is 5.73. The van der Waals surface area contributed by atoms with E-state index in [1.165, 1.54) is 11.0 Å². The van der Waals surface area contributed by atoms with Gasteiger partial charge in [-0.25, -0.2) is 13.8 Å². The van der Waals surface area contributed by atoms with E-state index in [4.69, 9.17) is 19.4 Å². The molecule has 3 aliphatic rings. The summed E-state index contributed by atoms with van der Waals surface area (Å²) in [6.07, 6.45) is 1.64. The molecule has 1 saturated carbocycles. The van der Waals surface area contributed by atoms with Gasteiger partial charge in [0.15, 0.2) is 5.82 Å². The lowest BCUT2D eigenvalue weighted by Crippen LogP contribution is -2.47. The Hall–Kier alpha value is -2.60. The van der Waals surface area contributed by atoms with Crippen molar-refractivity contribution in [2.45, 2.75) is 44.2 Å². The highest BCUT2D eigenvalue weighted by atomic mass is 35.5. The Balaban J connectivity index is 0.00000294. The van der Waals surface area contributed by atoms with Crippen LogP contribution in [0, 0.1) is 0 Å². The van der Waals surface area contributed by atoms with E-state index < -0.39 is 6.43 Å². The first kappa shape index (κ1) is 27.0. The number of hydrogen-bond acceptors (Lipinski definition) is 8. The minimum absolute atomic E-state index is 0. The number of hydrogen-bond donors (Lipinski definition) is 1. The Morgan fingerprint density at radius 2 is 1.66 bits per heavy atom. The number of benzene rings is 1. The topological polar surface area (TPSA) is 80.6 Å². The van der Waals surface area contributed by atoms with Gasteiger partial charge in [-0.3, -0.25) is 9.47 Å². The van der Waals surface area contributed by atoms with Gasteiger partial charge in [-0.1, -0.05) is 12.1 Å². The van der Waals surface area contributed by atoms with E-state index in [1.807, 2.05) is 6.07 Å². The number of alkyl halides is 2. The van der Waals surface area contributed by atoms with Crippen LogP contribution < -0.4 is 10.2 Å². The van der Waals surface area contributed by atoms with Gasteiger partial charge >= 0.3 is 0 Å². The third kappa shape index (κ3) is 5.70. The quantitative estimate of drug-likeness (QED) is 0.493. The number of halogens is 3. The van der Waals surface area contributed by atoms with Crippen LogP contribution in [0.15, 0.2) is 30.3 Å². The summed E-state index contributed by atoms with van der Waals surface area (Å²) in [7, 11) is 0. The van der Waals surface area contributed by atoms with Crippen LogP contribution in [0.1, 0.15) is 37.9 Å². The van der Waals surface area contributed by atoms with Gasteiger partial charge in [-0.15, -0.1) is 12.4 Å². The van der Waals surface area contributed by atoms with Gasteiger partial charge in [0, 0.05) is 44.3 Å². The number of fused-ring (bicyclic) bond motifs is 1. The molecule has 0 spiro atoms. The largest absolute Gasteiger partial charge is 0.379 e. The second kappa shape index (κ2) is 12.1. The van der Waals surface area contributed by atoms with Crippen molar-refractivity contribution in [2.24, 2.45) is 0 Å². The molecule has 0 amide bonds. The summed E-state index contributed by atoms with van der Waals surface area (Å²) in [5.41, 5.74) is 1.11. The number of rotatable bonds is 6. The van der Waals surface area contributed by atoms with E-state index in [0.29, 0.717) is 61.0 Å². The fourth-order valence-electron chi connectivity index (χ4n) is 5.73. The average molecular weight is 550 g/mol. The Bertz CT molecular complexity index is 1220. The van der Waals surface area contributed by atoms with Gasteiger partial charge in [0.05, 0.1) is 37.5 Å². The SMILES string of the molecule is Cl.FC(F)c1nc2ccccc2n1-c1cc(N[C@H]2CCC[C@@H](N3CCOCC3)C2)nc(N2CCOCC2)n1. The highest BCUT2D eigenvalue weighted by molar-refractivity contribution is 5.85. The minimum atomic E-state index is -2.74. The van der Waals surface area contributed by atoms with E-state index in [-0.39, 0.29) is 24.3 Å². The van der Waals surface area contributed by atoms with Crippen LogP contribution in [0.3, 0.4) is 0 Å². The van der Waals surface area contributed by atoms with Crippen LogP contribution in [-0.2, 0) is 9.47 Å². The zero-order chi connectivity index (χ0) is 25.2. The molecule has 4 heterocycles. The molecule has 2 saturated heterocycles. The van der Waals surface area contributed by atoms with Crippen molar-refractivity contribution < 1.29 is 18.3 Å². The number of nitrogens with one attached hydrogen (secondary N) is 1. The highest BCUT2D eigenvalue weighted by Crippen LogP contribution is 2.31. The van der Waals surface area contributed by atoms with Crippen molar-refractivity contribution in [3.63, 3.8) is 0 Å². The van der Waals surface area contributed by atoms with Crippen molar-refractivity contribution in [2.75, 3.05) is 62.8 Å². The Morgan fingerprint density at radius 1 is 0.921 bits per heavy atom. The lowest BCUT2D eigenvalue weighted by Gasteiger charge is -2.39. The number of para-hydroxylation sites is 2. The molecular weight excluding hydrogens is 516 g/mol. The lowest BCUT2D eigenvalue weighted by atomic mass is 9.89. The minimum Gasteiger partial charge on any atom is -0.379 e. The van der Waals surface area contributed by atoms with Crippen LogP contribution in [0.4, 0.5) is 20.5 Å². The number of imidazole rings is 1. The van der Waals surface area contributed by atoms with E-state index in [2.05, 4.69) is 20.1 Å². The molecule has 1 aliphatic carbocycles. The van der Waals surface area contributed by atoms with E-state index >= 15 is 0 Å². The molecule has 9 nitrogen and oxygen atoms in total. The average Bonchev–Trinajstić information content (AvgIpc) is 3.34. The normalized spacial score (nSPS) is 23.0. The molecule has 1 aromatic carbocycles. The molecular formula is C26H34ClF2N7O2. The number of morpholine rings is 2. The molecule has 206 valence electrons. The number of aromatic nitrogens is 4. The molecule has 1 N–H and O–H groups in total. The van der Waals surface area contributed by atoms with Crippen molar-refractivity contribution in [1.29, 1.82) is 0 Å². The van der Waals surface area contributed by atoms with Gasteiger partial charge in [0.2, 0.25) is 5.95 Å². The summed E-state index contributed by atoms with van der Waals surface area (Å²) >= 11 is 0. The summed E-state index contributed by atoms with van der Waals surface area (Å²) in [4.78, 5) is 18.4. The number of nitrogens with zero attached hydrogens (tertiary/aromatic N) is 6. The lowest BCUT2D eigenvalue weighted by molar-refractivity contribution is 0.00751. The van der Waals surface area contributed by atoms with E-state index in [0.717, 1.165) is 45.6 Å². The van der Waals surface area contributed by atoms with E-state index in [9.17, 15) is 8.78 Å². The van der Waals surface area contributed by atoms with Gasteiger partial charge in [0.25, 0.3) is 6.43 Å². The summed E-state index contributed by atoms with van der Waals surface area (Å²) in [6.45, 7) is 5.99. The van der Waals surface area contributed by atoms with Gasteiger partial charge in [-0.05, 0) is 37.8 Å². The van der Waals surface area contributed by atoms with Crippen LogP contribution in [0.25, 0.3) is 16.9 Å². The molecule has 0 unspecified atom stereocenters. The maximum Gasteiger partial charge on any atom is 0.296 e. The van der Waals surface area contributed by atoms with Crippen LogP contribution in [-0.4, -0.2) is 89.1 Å². The molecule has 0 radical (unpaired) electrons. The maximum absolute atomic E-state index is 14.1. The fraction of sp³-hybridized carbons (Fsp3) is 0.577. The summed E-state index contributed by atoms with van der Waals surface area (Å²) in [6, 6.07) is 9.71. The molecule has 38 heavy (non-hydrogen) atoms. The van der Waals surface area contributed by atoms with Crippen molar-refractivity contribution in [3.8, 4) is 5.82 Å². The van der Waals surface area contributed by atoms with Crippen LogP contribution >= 0.6 is 12.4 Å². The maximum atomic E-state index is 14.1. The summed E-state index contributed by atoms with van der Waals surface area (Å²) in [5.74, 6) is 1.24. The Kier molecular flexibility index (Phi) is 8.57. The first-order valence-corrected chi connectivity index (χ1v) is 13.2. The molecule has 2 aromatic heterocycles. The molecule has 2 atom stereocenters. The van der Waals surface area contributed by atoms with Crippen molar-refractivity contribution in [3.05, 3.63) is 36.2 Å². The molecule has 6 rings (SSSR count). The monoisotopic (exact) mass is 549 g/mol. The van der Waals surface area contributed by atoms with Gasteiger partial charge in [0.1, 0.15) is 11.6 Å². The zero-order valence-corrected chi connectivity index (χ0v) is 22.1. The van der Waals surface area contributed by atoms with Gasteiger partial charge in [-0.2, -0.15) is 9.97 Å². The Morgan fingerprint density at radius 3 is 2.42 bits per heavy atom. The third-order valence-electron chi connectivity index (χ3n) is 7.57. The van der Waals surface area contributed by atoms with Crippen molar-refractivity contribution in [1.82, 2.24) is 24.4 Å². The smallest absolute Gasteiger partial charge is 0.296 e. The Labute approximate surface area is 226 Å². The highest BCUT2D eigenvalue weighted by Gasteiger charge is 2.29. The zero-order valence-electron chi connectivity index (χ0n) is 21.3. The second-order valence-electron chi connectivity index (χ2n) is 9.92. The molecule has 12 heteroatoms. The molecule has 2 aliphatic heterocycles. The predicted molar refractivity (Wildman–Crippen MR) is 144 cm³/mol. The molecule has 0 bridgehead atoms. The van der Waals surface area contributed by atoms with Gasteiger partial charge < -0.3 is 19.7 Å². The van der Waals surface area contributed by atoms with E-state index in [1.54, 1.807) is 24.3 Å².